The smallest absolute Gasteiger partial charge is 0.303 e. The summed E-state index contributed by atoms with van der Waals surface area (Å²) >= 11 is 3.19. The number of rotatable bonds is 11. The summed E-state index contributed by atoms with van der Waals surface area (Å²) in [6.45, 7) is 7.23. The molecule has 7 atom stereocenters. The zero-order valence-electron chi connectivity index (χ0n) is 19.2. The van der Waals surface area contributed by atoms with E-state index in [1.807, 2.05) is 0 Å². The first kappa shape index (κ1) is 28.9. The largest absolute Gasteiger partial charge is 0.463 e. The molecule has 0 spiro atoms. The first-order valence-corrected chi connectivity index (χ1v) is 11.0. The van der Waals surface area contributed by atoms with E-state index in [0.717, 1.165) is 27.7 Å². The second-order valence-electron chi connectivity index (χ2n) is 7.04. The highest BCUT2D eigenvalue weighted by Gasteiger charge is 2.53. The van der Waals surface area contributed by atoms with Crippen LogP contribution < -0.4 is 0 Å². The Morgan fingerprint density at radius 1 is 0.818 bits per heavy atom. The van der Waals surface area contributed by atoms with E-state index in [-0.39, 0.29) is 12.4 Å². The number of alkyl halides is 1. The van der Waals surface area contributed by atoms with Gasteiger partial charge in [0.15, 0.2) is 24.6 Å². The van der Waals surface area contributed by atoms with Crippen LogP contribution in [0.15, 0.2) is 0 Å². The van der Waals surface area contributed by atoms with E-state index in [1.54, 1.807) is 6.92 Å². The van der Waals surface area contributed by atoms with Crippen molar-refractivity contribution in [3.8, 4) is 0 Å². The van der Waals surface area contributed by atoms with Gasteiger partial charge in [0.2, 0.25) is 6.29 Å². The monoisotopic (exact) mass is 540 g/mol. The summed E-state index contributed by atoms with van der Waals surface area (Å²) < 4.78 is 38.0. The zero-order valence-corrected chi connectivity index (χ0v) is 20.8. The molecule has 188 valence electrons. The number of ketones is 1. The summed E-state index contributed by atoms with van der Waals surface area (Å²) in [6.07, 6.45) is -7.93. The van der Waals surface area contributed by atoms with Crippen LogP contribution in [0.1, 0.15) is 41.5 Å². The molecule has 1 rings (SSSR count). The molecule has 1 saturated heterocycles. The third-order valence-electron chi connectivity index (χ3n) is 4.17. The fourth-order valence-corrected chi connectivity index (χ4v) is 3.26. The summed E-state index contributed by atoms with van der Waals surface area (Å²) in [7, 11) is 0. The van der Waals surface area contributed by atoms with Crippen molar-refractivity contribution in [2.45, 2.75) is 83.4 Å². The molecule has 0 aromatic heterocycles. The SMILES string of the molecule is CCO[C@H](O[C@@H]1O[C@H](COC(C)=O)[C@@H](OC(C)=O)[C@H](OC(C)=O)[C@H]1OC(C)=O)[C@H](Br)C(C)=O. The van der Waals surface area contributed by atoms with Crippen LogP contribution in [0.2, 0.25) is 0 Å². The van der Waals surface area contributed by atoms with Crippen molar-refractivity contribution in [1.82, 2.24) is 0 Å². The van der Waals surface area contributed by atoms with Crippen LogP contribution in [0.25, 0.3) is 0 Å². The van der Waals surface area contributed by atoms with Crippen molar-refractivity contribution in [3.63, 3.8) is 0 Å². The van der Waals surface area contributed by atoms with Crippen molar-refractivity contribution in [3.05, 3.63) is 0 Å². The van der Waals surface area contributed by atoms with Gasteiger partial charge in [-0.2, -0.15) is 0 Å². The van der Waals surface area contributed by atoms with E-state index in [9.17, 15) is 24.0 Å². The number of Topliss-reactive ketones (excluding diaryl/α,β-unsaturated/α-hetero) is 1. The third kappa shape index (κ3) is 9.35. The standard InChI is InChI=1S/C20H29BrO12/c1-7-27-19(15(21)9(2)22)33-20-18(31-13(6)26)17(30-12(5)25)16(29-11(4)24)14(32-20)8-28-10(3)23/h14-20H,7-8H2,1-6H3/t14-,15-,16-,17+,18-,19-,20+/m1/s1. The summed E-state index contributed by atoms with van der Waals surface area (Å²) in [6, 6.07) is 0. The molecule has 1 fully saturated rings. The Morgan fingerprint density at radius 2 is 1.33 bits per heavy atom. The third-order valence-corrected chi connectivity index (χ3v) is 5.25. The lowest BCUT2D eigenvalue weighted by Crippen LogP contribution is -2.63. The number of hydrogen-bond acceptors (Lipinski definition) is 12. The van der Waals surface area contributed by atoms with E-state index in [1.165, 1.54) is 6.92 Å². The van der Waals surface area contributed by atoms with E-state index in [4.69, 9.17) is 33.2 Å². The Morgan fingerprint density at radius 3 is 1.79 bits per heavy atom. The first-order valence-electron chi connectivity index (χ1n) is 10.1. The van der Waals surface area contributed by atoms with Crippen LogP contribution >= 0.6 is 15.9 Å². The molecule has 1 heterocycles. The van der Waals surface area contributed by atoms with Crippen LogP contribution in [0.3, 0.4) is 0 Å². The Labute approximate surface area is 199 Å². The number of hydrogen-bond donors (Lipinski definition) is 0. The fraction of sp³-hybridized carbons (Fsp3) is 0.750. The second-order valence-corrected chi connectivity index (χ2v) is 8.03. The Hall–Kier alpha value is -2.09. The zero-order chi connectivity index (χ0) is 25.3. The lowest BCUT2D eigenvalue weighted by atomic mass is 9.98. The highest BCUT2D eigenvalue weighted by molar-refractivity contribution is 9.10. The molecule has 0 aromatic rings. The minimum atomic E-state index is -1.46. The van der Waals surface area contributed by atoms with Crippen LogP contribution in [0.4, 0.5) is 0 Å². The summed E-state index contributed by atoms with van der Waals surface area (Å²) in [5.74, 6) is -3.26. The minimum Gasteiger partial charge on any atom is -0.463 e. The average Bonchev–Trinajstić information content (AvgIpc) is 2.68. The number of esters is 4. The molecule has 0 radical (unpaired) electrons. The summed E-state index contributed by atoms with van der Waals surface area (Å²) in [5, 5.41) is 0. The normalized spacial score (nSPS) is 26.5. The Bertz CT molecular complexity index is 726. The molecule has 33 heavy (non-hydrogen) atoms. The molecular weight excluding hydrogens is 512 g/mol. The Balaban J connectivity index is 3.43. The Kier molecular flexibility index (Phi) is 11.9. The van der Waals surface area contributed by atoms with Gasteiger partial charge in [-0.25, -0.2) is 0 Å². The molecule has 1 aliphatic heterocycles. The maximum Gasteiger partial charge on any atom is 0.303 e. The fourth-order valence-electron chi connectivity index (χ4n) is 2.98. The van der Waals surface area contributed by atoms with Gasteiger partial charge in [0.1, 0.15) is 23.3 Å². The number of carbonyl (C=O) groups excluding carboxylic acids is 5. The van der Waals surface area contributed by atoms with Crippen molar-refractivity contribution < 1.29 is 57.1 Å². The predicted molar refractivity (Wildman–Crippen MR) is 112 cm³/mol. The van der Waals surface area contributed by atoms with E-state index >= 15 is 0 Å². The average molecular weight is 541 g/mol. The molecule has 0 N–H and O–H groups in total. The van der Waals surface area contributed by atoms with Gasteiger partial charge in [0.05, 0.1) is 0 Å². The maximum absolute atomic E-state index is 11.9. The highest BCUT2D eigenvalue weighted by Crippen LogP contribution is 2.31. The molecule has 1 aliphatic rings. The van der Waals surface area contributed by atoms with Gasteiger partial charge in [-0.3, -0.25) is 24.0 Å². The van der Waals surface area contributed by atoms with Gasteiger partial charge in [-0.15, -0.1) is 0 Å². The van der Waals surface area contributed by atoms with Crippen LogP contribution in [-0.4, -0.2) is 84.7 Å². The molecule has 13 heteroatoms. The van der Waals surface area contributed by atoms with Crippen molar-refractivity contribution in [1.29, 1.82) is 0 Å². The topological polar surface area (TPSA) is 150 Å². The van der Waals surface area contributed by atoms with Crippen LogP contribution in [0.5, 0.6) is 0 Å². The first-order chi connectivity index (χ1) is 15.4. The van der Waals surface area contributed by atoms with Gasteiger partial charge < -0.3 is 33.2 Å². The van der Waals surface area contributed by atoms with Crippen LogP contribution in [-0.2, 0) is 57.1 Å². The lowest BCUT2D eigenvalue weighted by molar-refractivity contribution is -0.338. The van der Waals surface area contributed by atoms with Gasteiger partial charge in [-0.1, -0.05) is 15.9 Å². The summed E-state index contributed by atoms with van der Waals surface area (Å²) in [4.78, 5) is 57.7. The molecule has 0 unspecified atom stereocenters. The highest BCUT2D eigenvalue weighted by atomic mass is 79.9. The molecule has 12 nitrogen and oxygen atoms in total. The van der Waals surface area contributed by atoms with E-state index in [0.29, 0.717) is 0 Å². The van der Waals surface area contributed by atoms with Crippen LogP contribution in [0, 0.1) is 0 Å². The molecule has 0 aliphatic carbocycles. The molecule has 0 amide bonds. The molecule has 0 saturated carbocycles. The summed E-state index contributed by atoms with van der Waals surface area (Å²) in [5.41, 5.74) is 0. The number of carbonyl (C=O) groups is 5. The minimum absolute atomic E-state index is 0.158. The van der Waals surface area contributed by atoms with Gasteiger partial charge in [0.25, 0.3) is 0 Å². The predicted octanol–water partition coefficient (Wildman–Crippen LogP) is 0.801. The van der Waals surface area contributed by atoms with E-state index in [2.05, 4.69) is 15.9 Å². The molecule has 0 bridgehead atoms. The molecule has 0 aromatic carbocycles. The number of ether oxygens (including phenoxy) is 7. The van der Waals surface area contributed by atoms with E-state index < -0.39 is 72.3 Å². The molecular formula is C20H29BrO12. The van der Waals surface area contributed by atoms with Gasteiger partial charge in [-0.05, 0) is 13.8 Å². The maximum atomic E-state index is 11.9. The number of halogens is 1. The second kappa shape index (κ2) is 13.6. The van der Waals surface area contributed by atoms with Crippen molar-refractivity contribution in [2.24, 2.45) is 0 Å². The lowest BCUT2D eigenvalue weighted by Gasteiger charge is -2.44. The quantitative estimate of drug-likeness (QED) is 0.158. The van der Waals surface area contributed by atoms with Crippen molar-refractivity contribution in [2.75, 3.05) is 13.2 Å². The van der Waals surface area contributed by atoms with Gasteiger partial charge in [0, 0.05) is 34.3 Å². The van der Waals surface area contributed by atoms with Crippen molar-refractivity contribution >= 4 is 45.6 Å². The van der Waals surface area contributed by atoms with Gasteiger partial charge >= 0.3 is 23.9 Å².